The zero-order valence-corrected chi connectivity index (χ0v) is 18.2. The lowest BCUT2D eigenvalue weighted by atomic mass is 9.96. The van der Waals surface area contributed by atoms with Crippen LogP contribution in [0.2, 0.25) is 0 Å². The molecular formula is C23H36N5O2+. The van der Waals surface area contributed by atoms with E-state index in [4.69, 9.17) is 0 Å². The number of carbonyl (C=O) groups excluding carboxylic acids is 1. The summed E-state index contributed by atoms with van der Waals surface area (Å²) in [4.78, 5) is 35.1. The van der Waals surface area contributed by atoms with E-state index in [1.165, 1.54) is 19.3 Å². The van der Waals surface area contributed by atoms with Crippen LogP contribution in [0, 0.1) is 0 Å². The first-order chi connectivity index (χ1) is 14.6. The number of fused-ring (bicyclic) bond motifs is 1. The maximum absolute atomic E-state index is 13.2. The normalized spacial score (nSPS) is 15.8. The van der Waals surface area contributed by atoms with E-state index in [2.05, 4.69) is 21.0 Å². The molecule has 3 rings (SSSR count). The predicted octanol–water partition coefficient (Wildman–Crippen LogP) is 3.13. The highest BCUT2D eigenvalue weighted by Gasteiger charge is 2.26. The third kappa shape index (κ3) is 5.81. The summed E-state index contributed by atoms with van der Waals surface area (Å²) in [5.41, 5.74) is 4.39. The molecule has 7 nitrogen and oxygen atoms in total. The third-order valence-electron chi connectivity index (χ3n) is 6.09. The molecule has 0 unspecified atom stereocenters. The molecule has 0 bridgehead atoms. The van der Waals surface area contributed by atoms with Crippen molar-refractivity contribution in [1.29, 1.82) is 0 Å². The van der Waals surface area contributed by atoms with Crippen molar-refractivity contribution in [3.63, 3.8) is 0 Å². The van der Waals surface area contributed by atoms with E-state index in [0.717, 1.165) is 45.1 Å². The van der Waals surface area contributed by atoms with E-state index < -0.39 is 0 Å². The highest BCUT2D eigenvalue weighted by atomic mass is 16.2. The zero-order valence-electron chi connectivity index (χ0n) is 18.2. The lowest BCUT2D eigenvalue weighted by Gasteiger charge is -2.32. The smallest absolute Gasteiger partial charge is 0.318 e. The number of nitrogens with zero attached hydrogens (tertiary/aromatic N) is 2. The van der Waals surface area contributed by atoms with Crippen LogP contribution < -0.4 is 16.6 Å². The molecule has 1 saturated carbocycles. The van der Waals surface area contributed by atoms with Crippen molar-refractivity contribution in [3.05, 3.63) is 40.4 Å². The Labute approximate surface area is 178 Å². The van der Waals surface area contributed by atoms with Gasteiger partial charge >= 0.3 is 6.03 Å². The van der Waals surface area contributed by atoms with Gasteiger partial charge in [0.1, 0.15) is 5.82 Å². The number of amides is 2. The lowest BCUT2D eigenvalue weighted by molar-refractivity contribution is -0.368. The predicted molar refractivity (Wildman–Crippen MR) is 119 cm³/mol. The number of unbranched alkanes of at least 4 members (excludes halogenated alkanes) is 3. The monoisotopic (exact) mass is 414 g/mol. The van der Waals surface area contributed by atoms with Gasteiger partial charge in [0.05, 0.1) is 23.5 Å². The second kappa shape index (κ2) is 11.1. The molecule has 1 fully saturated rings. The molecule has 0 aliphatic heterocycles. The summed E-state index contributed by atoms with van der Waals surface area (Å²) < 4.78 is 0. The Morgan fingerprint density at radius 2 is 1.93 bits per heavy atom. The van der Waals surface area contributed by atoms with Gasteiger partial charge in [-0.25, -0.2) is 9.78 Å². The van der Waals surface area contributed by atoms with Gasteiger partial charge in [-0.15, -0.1) is 0 Å². The number of carbonyl (C=O) groups is 1. The number of hydrogen-bond donors (Lipinski definition) is 3. The van der Waals surface area contributed by atoms with Crippen molar-refractivity contribution in [2.75, 3.05) is 13.1 Å². The van der Waals surface area contributed by atoms with Gasteiger partial charge in [0.25, 0.3) is 5.56 Å². The first kappa shape index (κ1) is 22.3. The Balaban J connectivity index is 1.76. The molecule has 0 radical (unpaired) electrons. The quantitative estimate of drug-likeness (QED) is 0.549. The van der Waals surface area contributed by atoms with E-state index in [1.54, 1.807) is 6.07 Å². The van der Waals surface area contributed by atoms with Gasteiger partial charge in [-0.3, -0.25) is 4.79 Å². The molecule has 2 aromatic rings. The summed E-state index contributed by atoms with van der Waals surface area (Å²) >= 11 is 0. The van der Waals surface area contributed by atoms with E-state index >= 15 is 0 Å². The maximum Gasteiger partial charge on any atom is 0.318 e. The fourth-order valence-electron chi connectivity index (χ4n) is 4.24. The fourth-order valence-corrected chi connectivity index (χ4v) is 4.24. The topological polar surface area (TPSA) is 106 Å². The molecule has 5 N–H and O–H groups in total. The Kier molecular flexibility index (Phi) is 8.25. The molecule has 2 amide bonds. The molecule has 164 valence electrons. The Morgan fingerprint density at radius 3 is 2.70 bits per heavy atom. The second-order valence-electron chi connectivity index (χ2n) is 8.39. The highest BCUT2D eigenvalue weighted by molar-refractivity contribution is 5.77. The SMILES string of the molecule is C[C@H](c1nc2ccccc2c(=O)[nH]1)N(CCCCCC[NH3+])C(=O)NC1CCCCC1. The minimum Gasteiger partial charge on any atom is -0.358 e. The summed E-state index contributed by atoms with van der Waals surface area (Å²) in [6.07, 6.45) is 9.92. The van der Waals surface area contributed by atoms with E-state index in [9.17, 15) is 9.59 Å². The average Bonchev–Trinajstić information content (AvgIpc) is 2.76. The molecule has 1 aromatic heterocycles. The van der Waals surface area contributed by atoms with Gasteiger partial charge in [0.2, 0.25) is 0 Å². The third-order valence-corrected chi connectivity index (χ3v) is 6.09. The van der Waals surface area contributed by atoms with Crippen molar-refractivity contribution in [2.24, 2.45) is 0 Å². The molecule has 1 atom stereocenters. The molecule has 1 aliphatic carbocycles. The van der Waals surface area contributed by atoms with Gasteiger partial charge < -0.3 is 20.9 Å². The number of para-hydroxylation sites is 1. The van der Waals surface area contributed by atoms with Gasteiger partial charge in [0, 0.05) is 12.6 Å². The summed E-state index contributed by atoms with van der Waals surface area (Å²) in [5, 5.41) is 3.80. The second-order valence-corrected chi connectivity index (χ2v) is 8.39. The number of benzene rings is 1. The van der Waals surface area contributed by atoms with Crippen molar-refractivity contribution >= 4 is 16.9 Å². The van der Waals surface area contributed by atoms with Crippen LogP contribution in [0.15, 0.2) is 29.1 Å². The molecule has 0 saturated heterocycles. The van der Waals surface area contributed by atoms with Gasteiger partial charge in [-0.2, -0.15) is 0 Å². The fraction of sp³-hybridized carbons (Fsp3) is 0.609. The largest absolute Gasteiger partial charge is 0.358 e. The van der Waals surface area contributed by atoms with Crippen LogP contribution in [-0.2, 0) is 0 Å². The summed E-state index contributed by atoms with van der Waals surface area (Å²) in [6, 6.07) is 7.20. The molecule has 7 heteroatoms. The average molecular weight is 415 g/mol. The molecule has 0 spiro atoms. The van der Waals surface area contributed by atoms with Crippen molar-refractivity contribution in [1.82, 2.24) is 20.2 Å². The van der Waals surface area contributed by atoms with Crippen molar-refractivity contribution < 1.29 is 10.5 Å². The van der Waals surface area contributed by atoms with Crippen LogP contribution in [-0.4, -0.2) is 40.0 Å². The van der Waals surface area contributed by atoms with Crippen LogP contribution in [0.3, 0.4) is 0 Å². The van der Waals surface area contributed by atoms with E-state index in [1.807, 2.05) is 30.0 Å². The van der Waals surface area contributed by atoms with E-state index in [0.29, 0.717) is 23.3 Å². The zero-order chi connectivity index (χ0) is 21.3. The van der Waals surface area contributed by atoms with Crippen LogP contribution in [0.4, 0.5) is 4.79 Å². The van der Waals surface area contributed by atoms with Crippen LogP contribution >= 0.6 is 0 Å². The Morgan fingerprint density at radius 1 is 1.20 bits per heavy atom. The number of nitrogens with one attached hydrogen (secondary N) is 2. The first-order valence-corrected chi connectivity index (χ1v) is 11.5. The van der Waals surface area contributed by atoms with Crippen LogP contribution in [0.25, 0.3) is 10.9 Å². The van der Waals surface area contributed by atoms with Crippen molar-refractivity contribution in [3.8, 4) is 0 Å². The minimum absolute atomic E-state index is 0.0534. The Bertz CT molecular complexity index is 875. The molecule has 30 heavy (non-hydrogen) atoms. The number of rotatable bonds is 9. The molecule has 1 aromatic carbocycles. The first-order valence-electron chi connectivity index (χ1n) is 11.5. The number of H-pyrrole nitrogens is 1. The summed E-state index contributed by atoms with van der Waals surface area (Å²) in [5.74, 6) is 0.537. The summed E-state index contributed by atoms with van der Waals surface area (Å²) in [7, 11) is 0. The molecule has 1 heterocycles. The van der Waals surface area contributed by atoms with Crippen LogP contribution in [0.1, 0.15) is 76.6 Å². The minimum atomic E-state index is -0.307. The van der Waals surface area contributed by atoms with Crippen molar-refractivity contribution in [2.45, 2.75) is 76.8 Å². The Hall–Kier alpha value is -2.41. The standard InChI is InChI=1S/C23H35N5O2/c1-17(21-26-20-14-8-7-13-19(20)22(29)27-21)28(16-10-3-2-9-15-24)23(30)25-18-11-5-4-6-12-18/h7-8,13-14,17-18H,2-6,9-12,15-16,24H2,1H3,(H,25,30)(H,26,27,29)/p+1/t17-/m1/s1. The van der Waals surface area contributed by atoms with E-state index in [-0.39, 0.29) is 23.7 Å². The number of hydrogen-bond acceptors (Lipinski definition) is 3. The maximum atomic E-state index is 13.2. The van der Waals surface area contributed by atoms with Gasteiger partial charge in [-0.1, -0.05) is 37.8 Å². The van der Waals surface area contributed by atoms with Gasteiger partial charge in [-0.05, 0) is 51.2 Å². The number of aromatic amines is 1. The molecular weight excluding hydrogens is 378 g/mol. The highest BCUT2D eigenvalue weighted by Crippen LogP contribution is 2.21. The molecule has 1 aliphatic rings. The number of urea groups is 1. The number of quaternary nitrogens is 1. The summed E-state index contributed by atoms with van der Waals surface area (Å²) in [6.45, 7) is 3.54. The lowest BCUT2D eigenvalue weighted by Crippen LogP contribution is -2.50. The van der Waals surface area contributed by atoms with Gasteiger partial charge in [0.15, 0.2) is 0 Å². The van der Waals surface area contributed by atoms with Crippen LogP contribution in [0.5, 0.6) is 0 Å². The number of aromatic nitrogens is 2.